The summed E-state index contributed by atoms with van der Waals surface area (Å²) in [6.07, 6.45) is 15.9. The molecule has 0 amide bonds. The Morgan fingerprint density at radius 2 is 1.55 bits per heavy atom. The first kappa shape index (κ1) is 24.0. The van der Waals surface area contributed by atoms with Gasteiger partial charge in [-0.15, -0.1) is 0 Å². The second-order valence-corrected chi connectivity index (χ2v) is 9.88. The molecule has 1 aliphatic heterocycles. The van der Waals surface area contributed by atoms with E-state index in [1.807, 2.05) is 0 Å². The summed E-state index contributed by atoms with van der Waals surface area (Å²) in [5.41, 5.74) is 0.0125. The minimum absolute atomic E-state index is 0.0125. The zero-order chi connectivity index (χ0) is 22.1. The molecule has 3 fully saturated rings. The van der Waals surface area contributed by atoms with Gasteiger partial charge in [0.15, 0.2) is 0 Å². The fourth-order valence-electron chi connectivity index (χ4n) is 4.78. The zero-order valence-corrected chi connectivity index (χ0v) is 19.0. The van der Waals surface area contributed by atoms with Crippen LogP contribution in [0.2, 0.25) is 0 Å². The number of rotatable bonds is 6. The molecule has 1 atom stereocenters. The van der Waals surface area contributed by atoms with Crippen LogP contribution in [0.5, 0.6) is 0 Å². The number of aliphatic carboxylic acids is 1. The molecule has 4 rings (SSSR count). The van der Waals surface area contributed by atoms with Crippen molar-refractivity contribution in [1.29, 1.82) is 0 Å². The first-order valence-corrected chi connectivity index (χ1v) is 12.5. The van der Waals surface area contributed by atoms with Gasteiger partial charge in [0, 0.05) is 24.7 Å². The van der Waals surface area contributed by atoms with Crippen molar-refractivity contribution in [2.45, 2.75) is 100 Å². The molecule has 0 spiro atoms. The van der Waals surface area contributed by atoms with Crippen molar-refractivity contribution >= 4 is 23.6 Å². The minimum atomic E-state index is -0.876. The Hall–Kier alpha value is -1.64. The summed E-state index contributed by atoms with van der Waals surface area (Å²) in [6.45, 7) is 0.633. The molecule has 172 valence electrons. The fraction of sp³-hybridized carbons (Fsp3) is 0.696. The minimum Gasteiger partial charge on any atom is -0.480 e. The molecule has 1 aromatic carbocycles. The summed E-state index contributed by atoms with van der Waals surface area (Å²) in [5, 5.41) is 23.8. The summed E-state index contributed by atoms with van der Waals surface area (Å²) >= 11 is 1.15. The molecule has 0 radical (unpaired) electrons. The van der Waals surface area contributed by atoms with Gasteiger partial charge in [0.05, 0.1) is 4.92 Å². The largest absolute Gasteiger partial charge is 0.480 e. The summed E-state index contributed by atoms with van der Waals surface area (Å²) in [4.78, 5) is 21.9. The Labute approximate surface area is 189 Å². The second kappa shape index (κ2) is 12.4. The van der Waals surface area contributed by atoms with E-state index in [1.54, 1.807) is 22.5 Å². The number of carbonyl (C=O) groups is 1. The van der Waals surface area contributed by atoms with Crippen molar-refractivity contribution in [2.75, 3.05) is 6.54 Å². The van der Waals surface area contributed by atoms with E-state index in [2.05, 4.69) is 5.32 Å². The Balaban J connectivity index is 0.000000185. The molecule has 31 heavy (non-hydrogen) atoms. The molecular weight excluding hydrogens is 414 g/mol. The van der Waals surface area contributed by atoms with E-state index in [4.69, 9.17) is 5.11 Å². The van der Waals surface area contributed by atoms with E-state index < -0.39 is 16.9 Å². The van der Waals surface area contributed by atoms with Gasteiger partial charge in [-0.05, 0) is 56.5 Å². The maximum atomic E-state index is 11.0. The fourth-order valence-corrected chi connectivity index (χ4v) is 5.95. The van der Waals surface area contributed by atoms with Crippen LogP contribution in [-0.4, -0.2) is 45.0 Å². The Morgan fingerprint density at radius 1 is 0.968 bits per heavy atom. The van der Waals surface area contributed by atoms with Crippen molar-refractivity contribution in [1.82, 2.24) is 9.62 Å². The highest BCUT2D eigenvalue weighted by Gasteiger charge is 2.32. The predicted molar refractivity (Wildman–Crippen MR) is 123 cm³/mol. The second-order valence-electron chi connectivity index (χ2n) is 8.79. The maximum Gasteiger partial charge on any atom is 0.321 e. The van der Waals surface area contributed by atoms with Crippen LogP contribution < -0.4 is 5.32 Å². The van der Waals surface area contributed by atoms with E-state index in [-0.39, 0.29) is 5.69 Å². The molecule has 2 N–H and O–H groups in total. The molecule has 1 saturated heterocycles. The lowest BCUT2D eigenvalue weighted by atomic mass is 9.91. The smallest absolute Gasteiger partial charge is 0.321 e. The van der Waals surface area contributed by atoms with Crippen LogP contribution in [0, 0.1) is 10.1 Å². The lowest BCUT2D eigenvalue weighted by molar-refractivity contribution is -0.387. The number of para-hydroxylation sites is 1. The number of carboxylic acid groups (broad SMARTS) is 1. The average molecular weight is 450 g/mol. The molecule has 2 saturated carbocycles. The number of nitro benzene ring substituents is 1. The lowest BCUT2D eigenvalue weighted by Gasteiger charge is -2.30. The van der Waals surface area contributed by atoms with Crippen LogP contribution in [0.15, 0.2) is 29.2 Å². The zero-order valence-electron chi connectivity index (χ0n) is 18.2. The molecule has 0 unspecified atom stereocenters. The highest BCUT2D eigenvalue weighted by atomic mass is 32.2. The third kappa shape index (κ3) is 7.47. The van der Waals surface area contributed by atoms with Crippen molar-refractivity contribution in [2.24, 2.45) is 0 Å². The van der Waals surface area contributed by atoms with E-state index in [1.165, 1.54) is 70.3 Å². The normalized spacial score (nSPS) is 23.2. The number of nitrogens with zero attached hydrogens (tertiary/aromatic N) is 2. The Kier molecular flexibility index (Phi) is 9.61. The van der Waals surface area contributed by atoms with Crippen LogP contribution in [-0.2, 0) is 4.79 Å². The van der Waals surface area contributed by atoms with Crippen LogP contribution in [0.4, 0.5) is 5.69 Å². The first-order valence-electron chi connectivity index (χ1n) is 11.7. The molecule has 2 aliphatic carbocycles. The van der Waals surface area contributed by atoms with E-state index in [9.17, 15) is 14.9 Å². The first-order chi connectivity index (χ1) is 15.0. The van der Waals surface area contributed by atoms with Crippen LogP contribution in [0.1, 0.15) is 77.0 Å². The van der Waals surface area contributed by atoms with Crippen LogP contribution >= 0.6 is 11.9 Å². The van der Waals surface area contributed by atoms with Crippen LogP contribution in [0.3, 0.4) is 0 Å². The third-order valence-corrected chi connectivity index (χ3v) is 7.66. The van der Waals surface area contributed by atoms with Gasteiger partial charge in [-0.3, -0.25) is 14.9 Å². The quantitative estimate of drug-likeness (QED) is 0.341. The van der Waals surface area contributed by atoms with Gasteiger partial charge in [0.2, 0.25) is 0 Å². The summed E-state index contributed by atoms with van der Waals surface area (Å²) < 4.78 is 1.70. The van der Waals surface area contributed by atoms with Gasteiger partial charge in [-0.2, -0.15) is 0 Å². The monoisotopic (exact) mass is 449 g/mol. The van der Waals surface area contributed by atoms with Crippen LogP contribution in [0.25, 0.3) is 0 Å². The number of carboxylic acids is 1. The van der Waals surface area contributed by atoms with E-state index in [0.29, 0.717) is 17.9 Å². The topological polar surface area (TPSA) is 95.7 Å². The van der Waals surface area contributed by atoms with Gasteiger partial charge in [0.1, 0.15) is 10.9 Å². The molecule has 8 heteroatoms. The van der Waals surface area contributed by atoms with Gasteiger partial charge in [0.25, 0.3) is 5.69 Å². The Bertz CT molecular complexity index is 705. The molecule has 1 aromatic rings. The summed E-state index contributed by atoms with van der Waals surface area (Å²) in [5.74, 6) is -0.876. The van der Waals surface area contributed by atoms with Gasteiger partial charge in [-0.1, -0.05) is 50.7 Å². The summed E-state index contributed by atoms with van der Waals surface area (Å²) in [6, 6.07) is 7.56. The molecule has 7 nitrogen and oxygen atoms in total. The number of hydrogen-bond acceptors (Lipinski definition) is 6. The molecule has 3 aliphatic rings. The van der Waals surface area contributed by atoms with E-state index in [0.717, 1.165) is 30.5 Å². The van der Waals surface area contributed by atoms with E-state index >= 15 is 0 Å². The molecular formula is C23H35N3O4S. The SMILES string of the molecule is C1CCC(NC2CCCCC2)CC1.O=C(O)[C@@H]1CCCN1Sc1ccccc1[N+](=O)[O-]. The van der Waals surface area contributed by atoms with Crippen molar-refractivity contribution in [3.63, 3.8) is 0 Å². The number of benzene rings is 1. The number of nitrogens with one attached hydrogen (secondary N) is 1. The summed E-state index contributed by atoms with van der Waals surface area (Å²) in [7, 11) is 0. The van der Waals surface area contributed by atoms with Crippen molar-refractivity contribution in [3.8, 4) is 0 Å². The van der Waals surface area contributed by atoms with Gasteiger partial charge >= 0.3 is 5.97 Å². The highest BCUT2D eigenvalue weighted by molar-refractivity contribution is 7.97. The maximum absolute atomic E-state index is 11.0. The van der Waals surface area contributed by atoms with Gasteiger partial charge in [-0.25, -0.2) is 4.31 Å². The van der Waals surface area contributed by atoms with Crippen molar-refractivity contribution < 1.29 is 14.8 Å². The van der Waals surface area contributed by atoms with Gasteiger partial charge < -0.3 is 10.4 Å². The standard InChI is InChI=1S/C12H23N.C11H12N2O4S/c1-3-7-11(8-4-1)13-12-9-5-2-6-10-12;14-11(15)9-5-3-7-12(9)18-10-6-2-1-4-8(10)13(16)17/h11-13H,1-10H2;1-2,4,6,9H,3,5,7H2,(H,14,15)/t;9-/m.0/s1. The predicted octanol–water partition coefficient (Wildman–Crippen LogP) is 5.39. The third-order valence-electron chi connectivity index (χ3n) is 6.45. The Morgan fingerprint density at radius 3 is 2.10 bits per heavy atom. The number of nitro groups is 1. The molecule has 0 bridgehead atoms. The lowest BCUT2D eigenvalue weighted by Crippen LogP contribution is -2.40. The number of hydrogen-bond donors (Lipinski definition) is 2. The average Bonchev–Trinajstić information content (AvgIpc) is 3.24. The highest BCUT2D eigenvalue weighted by Crippen LogP contribution is 2.36. The molecule has 0 aromatic heterocycles. The molecule has 1 heterocycles. The van der Waals surface area contributed by atoms with Crippen molar-refractivity contribution in [3.05, 3.63) is 34.4 Å².